The Balaban J connectivity index is 1.83. The zero-order valence-corrected chi connectivity index (χ0v) is 13.7. The third-order valence-corrected chi connectivity index (χ3v) is 4.05. The van der Waals surface area contributed by atoms with Crippen LogP contribution in [0.1, 0.15) is 50.8 Å². The molecule has 0 unspecified atom stereocenters. The number of carbonyl (C=O) groups excluding carboxylic acids is 3. The van der Waals surface area contributed by atoms with Gasteiger partial charge >= 0.3 is 0 Å². The van der Waals surface area contributed by atoms with E-state index in [1.165, 1.54) is 41.3 Å². The number of nitrogens with zero attached hydrogens (tertiary/aromatic N) is 1. The van der Waals surface area contributed by atoms with Gasteiger partial charge in [-0.2, -0.15) is 0 Å². The smallest absolute Gasteiger partial charge is 0.261 e. The van der Waals surface area contributed by atoms with E-state index < -0.39 is 11.7 Å². The van der Waals surface area contributed by atoms with Crippen LogP contribution in [0, 0.1) is 5.82 Å². The van der Waals surface area contributed by atoms with E-state index in [2.05, 4.69) is 5.32 Å². The molecule has 1 aliphatic rings. The van der Waals surface area contributed by atoms with Crippen molar-refractivity contribution in [2.24, 2.45) is 0 Å². The number of nitrogens with one attached hydrogen (secondary N) is 1. The monoisotopic (exact) mass is 340 g/mol. The second kappa shape index (κ2) is 6.84. The molecule has 0 atom stereocenters. The fourth-order valence-corrected chi connectivity index (χ4v) is 2.72. The van der Waals surface area contributed by atoms with Crippen LogP contribution in [-0.2, 0) is 0 Å². The Bertz CT molecular complexity index is 863. The molecule has 0 aliphatic carbocycles. The number of carbonyl (C=O) groups is 3. The maximum absolute atomic E-state index is 13.2. The van der Waals surface area contributed by atoms with Crippen molar-refractivity contribution in [1.29, 1.82) is 0 Å². The first-order valence-electron chi connectivity index (χ1n) is 8.08. The van der Waals surface area contributed by atoms with Crippen LogP contribution in [0.15, 0.2) is 42.5 Å². The molecular formula is C19H17FN2O3. The second-order valence-electron chi connectivity index (χ2n) is 5.84. The summed E-state index contributed by atoms with van der Waals surface area (Å²) in [6.07, 6.45) is 1.60. The van der Waals surface area contributed by atoms with Crippen molar-refractivity contribution in [1.82, 2.24) is 4.90 Å². The van der Waals surface area contributed by atoms with Gasteiger partial charge in [0.2, 0.25) is 0 Å². The number of unbranched alkanes of at least 4 members (excludes halogenated alkanes) is 1. The minimum atomic E-state index is -0.472. The largest absolute Gasteiger partial charge is 0.322 e. The first kappa shape index (κ1) is 16.8. The Kier molecular flexibility index (Phi) is 4.61. The van der Waals surface area contributed by atoms with Crippen molar-refractivity contribution in [2.45, 2.75) is 19.8 Å². The summed E-state index contributed by atoms with van der Waals surface area (Å²) in [6, 6.07) is 9.92. The highest BCUT2D eigenvalue weighted by atomic mass is 19.1. The van der Waals surface area contributed by atoms with E-state index >= 15 is 0 Å². The van der Waals surface area contributed by atoms with Crippen molar-refractivity contribution in [3.05, 3.63) is 65.0 Å². The van der Waals surface area contributed by atoms with Crippen molar-refractivity contribution in [3.63, 3.8) is 0 Å². The average Bonchev–Trinajstić information content (AvgIpc) is 2.83. The molecule has 2 aromatic rings. The zero-order valence-electron chi connectivity index (χ0n) is 13.7. The number of imide groups is 1. The third-order valence-electron chi connectivity index (χ3n) is 4.05. The van der Waals surface area contributed by atoms with Crippen molar-refractivity contribution in [2.75, 3.05) is 11.9 Å². The predicted octanol–water partition coefficient (Wildman–Crippen LogP) is 3.47. The lowest BCUT2D eigenvalue weighted by Crippen LogP contribution is -2.30. The van der Waals surface area contributed by atoms with Crippen molar-refractivity contribution in [3.8, 4) is 0 Å². The number of halogens is 1. The molecule has 6 heteroatoms. The lowest BCUT2D eigenvalue weighted by molar-refractivity contribution is 0.0652. The molecule has 0 fully saturated rings. The molecule has 1 N–H and O–H groups in total. The van der Waals surface area contributed by atoms with Crippen LogP contribution in [0.3, 0.4) is 0 Å². The van der Waals surface area contributed by atoms with Gasteiger partial charge in [-0.25, -0.2) is 4.39 Å². The molecule has 1 aliphatic heterocycles. The van der Waals surface area contributed by atoms with Crippen LogP contribution in [0.5, 0.6) is 0 Å². The molecule has 1 heterocycles. The van der Waals surface area contributed by atoms with Crippen molar-refractivity contribution >= 4 is 23.4 Å². The normalized spacial score (nSPS) is 13.1. The lowest BCUT2D eigenvalue weighted by atomic mass is 10.1. The highest BCUT2D eigenvalue weighted by molar-refractivity contribution is 6.22. The molecule has 0 spiro atoms. The number of rotatable bonds is 5. The van der Waals surface area contributed by atoms with Crippen LogP contribution in [0.25, 0.3) is 0 Å². The minimum absolute atomic E-state index is 0.230. The zero-order chi connectivity index (χ0) is 18.0. The molecule has 5 nitrogen and oxygen atoms in total. The number of anilines is 1. The summed E-state index contributed by atoms with van der Waals surface area (Å²) < 4.78 is 13.2. The van der Waals surface area contributed by atoms with Gasteiger partial charge in [-0.3, -0.25) is 19.3 Å². The molecule has 0 bridgehead atoms. The maximum atomic E-state index is 13.2. The van der Waals surface area contributed by atoms with Gasteiger partial charge in [-0.1, -0.05) is 19.4 Å². The molecule has 0 saturated heterocycles. The number of amides is 3. The van der Waals surface area contributed by atoms with Crippen LogP contribution < -0.4 is 5.32 Å². The highest BCUT2D eigenvalue weighted by Crippen LogP contribution is 2.25. The standard InChI is InChI=1S/C19H17FN2O3/c1-2-3-9-22-18(24)15-8-7-12(10-16(15)19(22)25)17(23)21-14-6-4-5-13(20)11-14/h4-8,10-11H,2-3,9H2,1H3,(H,21,23). The van der Waals surface area contributed by atoms with Gasteiger partial charge in [0.25, 0.3) is 17.7 Å². The fraction of sp³-hybridized carbons (Fsp3) is 0.211. The van der Waals surface area contributed by atoms with Crippen molar-refractivity contribution < 1.29 is 18.8 Å². The van der Waals surface area contributed by atoms with Gasteiger partial charge in [0.15, 0.2) is 0 Å². The molecule has 0 radical (unpaired) electrons. The Labute approximate surface area is 144 Å². The molecule has 3 rings (SSSR count). The highest BCUT2D eigenvalue weighted by Gasteiger charge is 2.35. The minimum Gasteiger partial charge on any atom is -0.322 e. The van der Waals surface area contributed by atoms with Crippen LogP contribution in [0.4, 0.5) is 10.1 Å². The van der Waals surface area contributed by atoms with E-state index in [0.29, 0.717) is 17.8 Å². The molecule has 2 aromatic carbocycles. The molecule has 25 heavy (non-hydrogen) atoms. The van der Waals surface area contributed by atoms with E-state index in [-0.39, 0.29) is 22.9 Å². The van der Waals surface area contributed by atoms with E-state index in [1.807, 2.05) is 6.92 Å². The lowest BCUT2D eigenvalue weighted by Gasteiger charge is -2.12. The first-order chi connectivity index (χ1) is 12.0. The second-order valence-corrected chi connectivity index (χ2v) is 5.84. The van der Waals surface area contributed by atoms with Gasteiger partial charge in [-0.15, -0.1) is 0 Å². The fourth-order valence-electron chi connectivity index (χ4n) is 2.72. The Morgan fingerprint density at radius 3 is 2.56 bits per heavy atom. The van der Waals surface area contributed by atoms with Crippen LogP contribution in [0.2, 0.25) is 0 Å². The Hall–Kier alpha value is -3.02. The molecule has 3 amide bonds. The summed E-state index contributed by atoms with van der Waals surface area (Å²) in [7, 11) is 0. The SMILES string of the molecule is CCCCN1C(=O)c2ccc(C(=O)Nc3cccc(F)c3)cc2C1=O. The third kappa shape index (κ3) is 3.28. The van der Waals surface area contributed by atoms with Crippen LogP contribution >= 0.6 is 0 Å². The summed E-state index contributed by atoms with van der Waals surface area (Å²) in [5.74, 6) is -1.64. The first-order valence-corrected chi connectivity index (χ1v) is 8.08. The quantitative estimate of drug-likeness (QED) is 0.848. The molecule has 0 saturated carbocycles. The average molecular weight is 340 g/mol. The number of hydrogen-bond donors (Lipinski definition) is 1. The topological polar surface area (TPSA) is 66.5 Å². The number of fused-ring (bicyclic) bond motifs is 1. The van der Waals surface area contributed by atoms with Gasteiger partial charge in [0.05, 0.1) is 11.1 Å². The van der Waals surface area contributed by atoms with E-state index in [9.17, 15) is 18.8 Å². The van der Waals surface area contributed by atoms with E-state index in [4.69, 9.17) is 0 Å². The summed E-state index contributed by atoms with van der Waals surface area (Å²) in [5.41, 5.74) is 1.09. The predicted molar refractivity (Wildman–Crippen MR) is 91.1 cm³/mol. The summed E-state index contributed by atoms with van der Waals surface area (Å²) in [4.78, 5) is 38.2. The molecule has 0 aromatic heterocycles. The summed E-state index contributed by atoms with van der Waals surface area (Å²) in [5, 5.41) is 2.57. The summed E-state index contributed by atoms with van der Waals surface area (Å²) >= 11 is 0. The molecule has 128 valence electrons. The van der Waals surface area contributed by atoms with Gasteiger partial charge in [-0.05, 0) is 42.8 Å². The number of benzene rings is 2. The summed E-state index contributed by atoms with van der Waals surface area (Å²) in [6.45, 7) is 2.35. The van der Waals surface area contributed by atoms with Gasteiger partial charge < -0.3 is 5.32 Å². The Morgan fingerprint density at radius 2 is 1.84 bits per heavy atom. The number of hydrogen-bond acceptors (Lipinski definition) is 3. The molecular weight excluding hydrogens is 323 g/mol. The maximum Gasteiger partial charge on any atom is 0.261 e. The van der Waals surface area contributed by atoms with E-state index in [1.54, 1.807) is 6.07 Å². The van der Waals surface area contributed by atoms with Gasteiger partial charge in [0, 0.05) is 17.8 Å². The Morgan fingerprint density at radius 1 is 1.08 bits per heavy atom. The van der Waals surface area contributed by atoms with Gasteiger partial charge in [0.1, 0.15) is 5.82 Å². The van der Waals surface area contributed by atoms with E-state index in [0.717, 1.165) is 12.8 Å². The van der Waals surface area contributed by atoms with Crippen LogP contribution in [-0.4, -0.2) is 29.2 Å².